The molecule has 0 saturated carbocycles. The Labute approximate surface area is 173 Å². The monoisotopic (exact) mass is 419 g/mol. The van der Waals surface area contributed by atoms with Crippen LogP contribution in [0.15, 0.2) is 47.4 Å². The van der Waals surface area contributed by atoms with Gasteiger partial charge >= 0.3 is 0 Å². The molecule has 0 unspecified atom stereocenters. The highest BCUT2D eigenvalue weighted by Crippen LogP contribution is 2.22. The zero-order valence-corrected chi connectivity index (χ0v) is 18.6. The van der Waals surface area contributed by atoms with Gasteiger partial charge in [-0.05, 0) is 56.4 Å². The van der Waals surface area contributed by atoms with Crippen LogP contribution < -0.4 is 10.1 Å². The predicted octanol–water partition coefficient (Wildman–Crippen LogP) is 2.29. The van der Waals surface area contributed by atoms with Gasteiger partial charge in [-0.15, -0.1) is 0 Å². The van der Waals surface area contributed by atoms with Crippen LogP contribution in [-0.2, 0) is 10.0 Å². The third kappa shape index (κ3) is 5.35. The molecule has 7 nitrogen and oxygen atoms in total. The zero-order valence-electron chi connectivity index (χ0n) is 17.8. The van der Waals surface area contributed by atoms with Gasteiger partial charge in [0.15, 0.2) is 0 Å². The van der Waals surface area contributed by atoms with Crippen LogP contribution in [0.2, 0.25) is 0 Å². The first kappa shape index (κ1) is 22.9. The summed E-state index contributed by atoms with van der Waals surface area (Å²) in [7, 11) is 4.82. The van der Waals surface area contributed by atoms with E-state index in [1.165, 1.54) is 26.2 Å². The Morgan fingerprint density at radius 1 is 1.07 bits per heavy atom. The number of methoxy groups -OCH3 is 1. The van der Waals surface area contributed by atoms with Gasteiger partial charge in [-0.1, -0.05) is 18.2 Å². The van der Waals surface area contributed by atoms with E-state index >= 15 is 0 Å². The fraction of sp³-hybridized carbons (Fsp3) is 0.381. The predicted molar refractivity (Wildman–Crippen MR) is 114 cm³/mol. The minimum atomic E-state index is -3.61. The van der Waals surface area contributed by atoms with Crippen molar-refractivity contribution in [3.05, 3.63) is 59.2 Å². The molecule has 0 fully saturated rings. The lowest BCUT2D eigenvalue weighted by molar-refractivity contribution is 0.0941. The smallest absolute Gasteiger partial charge is 0.251 e. The lowest BCUT2D eigenvalue weighted by Gasteiger charge is -2.25. The summed E-state index contributed by atoms with van der Waals surface area (Å²) < 4.78 is 31.1. The highest BCUT2D eigenvalue weighted by molar-refractivity contribution is 7.89. The first-order valence-corrected chi connectivity index (χ1v) is 10.6. The minimum Gasteiger partial charge on any atom is -0.497 e. The molecule has 0 saturated heterocycles. The molecule has 2 aromatic rings. The Morgan fingerprint density at radius 3 is 2.21 bits per heavy atom. The average Bonchev–Trinajstić information content (AvgIpc) is 2.68. The molecule has 0 aromatic heterocycles. The van der Waals surface area contributed by atoms with Gasteiger partial charge in [0.2, 0.25) is 10.0 Å². The number of hydrogen-bond donors (Lipinski definition) is 1. The van der Waals surface area contributed by atoms with E-state index in [4.69, 9.17) is 4.74 Å². The highest BCUT2D eigenvalue weighted by atomic mass is 32.2. The fourth-order valence-corrected chi connectivity index (χ4v) is 3.85. The van der Waals surface area contributed by atoms with Crippen molar-refractivity contribution < 1.29 is 17.9 Å². The maximum atomic E-state index is 12.8. The number of likely N-dealkylation sites (N-methyl/N-ethyl adjacent to an activating group) is 1. The molecule has 0 bridgehead atoms. The number of nitrogens with one attached hydrogen (secondary N) is 1. The molecule has 0 aliphatic carbocycles. The van der Waals surface area contributed by atoms with Crippen LogP contribution in [0.4, 0.5) is 0 Å². The van der Waals surface area contributed by atoms with E-state index in [1.54, 1.807) is 20.1 Å². The van der Waals surface area contributed by atoms with Crippen molar-refractivity contribution in [1.29, 1.82) is 0 Å². The zero-order chi connectivity index (χ0) is 21.8. The quantitative estimate of drug-likeness (QED) is 0.710. The number of ether oxygens (including phenoxy) is 1. The first-order valence-electron chi connectivity index (χ1n) is 9.19. The largest absolute Gasteiger partial charge is 0.497 e. The molecule has 2 aromatic carbocycles. The Morgan fingerprint density at radius 2 is 1.69 bits per heavy atom. The fourth-order valence-electron chi connectivity index (χ4n) is 2.93. The molecule has 2 rings (SSSR count). The number of rotatable bonds is 8. The summed E-state index contributed by atoms with van der Waals surface area (Å²) in [4.78, 5) is 14.9. The van der Waals surface area contributed by atoms with Crippen LogP contribution in [0.25, 0.3) is 0 Å². The van der Waals surface area contributed by atoms with Gasteiger partial charge in [0.05, 0.1) is 18.0 Å². The van der Waals surface area contributed by atoms with Crippen LogP contribution in [0, 0.1) is 6.92 Å². The number of carbonyl (C=O) groups excluding carboxylic acids is 1. The third-order valence-electron chi connectivity index (χ3n) is 4.81. The number of hydrogen-bond acceptors (Lipinski definition) is 5. The summed E-state index contributed by atoms with van der Waals surface area (Å²) in [6.07, 6.45) is 0. The molecule has 158 valence electrons. The molecule has 8 heteroatoms. The molecule has 29 heavy (non-hydrogen) atoms. The molecule has 1 atom stereocenters. The number of aryl methyl sites for hydroxylation is 1. The van der Waals surface area contributed by atoms with Crippen LogP contribution in [0.5, 0.6) is 5.75 Å². The number of benzene rings is 2. The lowest BCUT2D eigenvalue weighted by atomic mass is 10.0. The van der Waals surface area contributed by atoms with E-state index in [0.717, 1.165) is 15.6 Å². The van der Waals surface area contributed by atoms with E-state index in [1.807, 2.05) is 43.3 Å². The van der Waals surface area contributed by atoms with Crippen LogP contribution in [0.1, 0.15) is 27.5 Å². The second-order valence-corrected chi connectivity index (χ2v) is 9.38. The first-order chi connectivity index (χ1) is 13.6. The summed E-state index contributed by atoms with van der Waals surface area (Å²) in [6, 6.07) is 12.2. The topological polar surface area (TPSA) is 78.9 Å². The maximum absolute atomic E-state index is 12.8. The SMILES string of the molecule is COc1ccc([C@@H](CNC(=O)c2cc(S(=O)(=O)N(C)C)ccc2C)N(C)C)cc1. The Bertz CT molecular complexity index is 954. The molecule has 1 N–H and O–H groups in total. The van der Waals surface area contributed by atoms with E-state index in [0.29, 0.717) is 17.7 Å². The summed E-state index contributed by atoms with van der Waals surface area (Å²) >= 11 is 0. The molecule has 0 aliphatic rings. The molecular formula is C21H29N3O4S. The Balaban J connectivity index is 2.22. The van der Waals surface area contributed by atoms with Gasteiger partial charge in [0.25, 0.3) is 5.91 Å². The summed E-state index contributed by atoms with van der Waals surface area (Å²) in [5.41, 5.74) is 2.10. The van der Waals surface area contributed by atoms with Crippen molar-refractivity contribution in [3.8, 4) is 5.75 Å². The average molecular weight is 420 g/mol. The second-order valence-electron chi connectivity index (χ2n) is 7.23. The standard InChI is InChI=1S/C21H29N3O4S/c1-15-7-12-18(29(26,27)24(4)5)13-19(15)21(25)22-14-20(23(2)3)16-8-10-17(28-6)11-9-16/h7-13,20H,14H2,1-6H3,(H,22,25)/t20-/m1/s1. The summed E-state index contributed by atoms with van der Waals surface area (Å²) in [6.45, 7) is 2.16. The summed E-state index contributed by atoms with van der Waals surface area (Å²) in [5, 5.41) is 2.94. The van der Waals surface area contributed by atoms with Crippen molar-refractivity contribution in [2.24, 2.45) is 0 Å². The Kier molecular flexibility index (Phi) is 7.40. The van der Waals surface area contributed by atoms with Crippen molar-refractivity contribution >= 4 is 15.9 Å². The number of carbonyl (C=O) groups is 1. The van der Waals surface area contributed by atoms with Crippen molar-refractivity contribution in [3.63, 3.8) is 0 Å². The molecule has 0 radical (unpaired) electrons. The highest BCUT2D eigenvalue weighted by Gasteiger charge is 2.21. The van der Waals surface area contributed by atoms with Gasteiger partial charge < -0.3 is 15.0 Å². The molecule has 1 amide bonds. The van der Waals surface area contributed by atoms with Gasteiger partial charge in [0, 0.05) is 26.2 Å². The van der Waals surface area contributed by atoms with E-state index in [2.05, 4.69) is 5.32 Å². The van der Waals surface area contributed by atoms with E-state index < -0.39 is 10.0 Å². The Hall–Kier alpha value is -2.42. The number of nitrogens with zero attached hydrogens (tertiary/aromatic N) is 2. The molecule has 0 aliphatic heterocycles. The van der Waals surface area contributed by atoms with Gasteiger partial charge in [0.1, 0.15) is 5.75 Å². The number of sulfonamides is 1. The van der Waals surface area contributed by atoms with E-state index in [-0.39, 0.29) is 16.8 Å². The lowest BCUT2D eigenvalue weighted by Crippen LogP contribution is -2.35. The van der Waals surface area contributed by atoms with Crippen LogP contribution in [-0.4, -0.2) is 65.4 Å². The molecule has 0 spiro atoms. The molecular weight excluding hydrogens is 390 g/mol. The van der Waals surface area contributed by atoms with Crippen molar-refractivity contribution in [1.82, 2.24) is 14.5 Å². The minimum absolute atomic E-state index is 0.0427. The van der Waals surface area contributed by atoms with Gasteiger partial charge in [-0.2, -0.15) is 0 Å². The van der Waals surface area contributed by atoms with Gasteiger partial charge in [-0.25, -0.2) is 12.7 Å². The van der Waals surface area contributed by atoms with Crippen molar-refractivity contribution in [2.45, 2.75) is 17.9 Å². The maximum Gasteiger partial charge on any atom is 0.251 e. The molecule has 0 heterocycles. The second kappa shape index (κ2) is 9.39. The summed E-state index contributed by atoms with van der Waals surface area (Å²) in [5.74, 6) is 0.462. The normalized spacial score (nSPS) is 12.8. The third-order valence-corrected chi connectivity index (χ3v) is 6.62. The van der Waals surface area contributed by atoms with Crippen LogP contribution in [0.3, 0.4) is 0 Å². The van der Waals surface area contributed by atoms with Crippen molar-refractivity contribution in [2.75, 3.05) is 41.8 Å². The van der Waals surface area contributed by atoms with Gasteiger partial charge in [-0.3, -0.25) is 4.79 Å². The van der Waals surface area contributed by atoms with E-state index in [9.17, 15) is 13.2 Å². The van der Waals surface area contributed by atoms with Crippen LogP contribution >= 0.6 is 0 Å². The number of amides is 1.